The molecule has 0 aliphatic carbocycles. The van der Waals surface area contributed by atoms with E-state index in [1.54, 1.807) is 19.3 Å². The largest absolute Gasteiger partial charge is 0.467 e. The molecule has 0 fully saturated rings. The maximum absolute atomic E-state index is 13.3. The van der Waals surface area contributed by atoms with Gasteiger partial charge in [-0.15, -0.1) is 10.2 Å². The van der Waals surface area contributed by atoms with Crippen LogP contribution >= 0.6 is 11.8 Å². The normalized spacial score (nSPS) is 12.4. The van der Waals surface area contributed by atoms with Crippen LogP contribution in [-0.4, -0.2) is 25.9 Å². The minimum absolute atomic E-state index is 0.142. The van der Waals surface area contributed by atoms with Crippen LogP contribution in [0.2, 0.25) is 0 Å². The Hall–Kier alpha value is -2.68. The number of furan rings is 1. The Morgan fingerprint density at radius 2 is 2.00 bits per heavy atom. The number of nitrogens with one attached hydrogen (secondary N) is 1. The summed E-state index contributed by atoms with van der Waals surface area (Å²) in [6, 6.07) is 6.89. The zero-order valence-corrected chi connectivity index (χ0v) is 16.5. The summed E-state index contributed by atoms with van der Waals surface area (Å²) in [5.74, 6) is -0.655. The lowest BCUT2D eigenvalue weighted by Crippen LogP contribution is -2.23. The molecule has 148 valence electrons. The fourth-order valence-electron chi connectivity index (χ4n) is 2.55. The van der Waals surface area contributed by atoms with Crippen molar-refractivity contribution in [1.82, 2.24) is 14.8 Å². The number of benzene rings is 1. The molecule has 9 heteroatoms. The van der Waals surface area contributed by atoms with Gasteiger partial charge in [-0.3, -0.25) is 9.36 Å². The lowest BCUT2D eigenvalue weighted by Gasteiger charge is -2.14. The molecule has 0 bridgehead atoms. The number of rotatable bonds is 7. The molecule has 6 nitrogen and oxygen atoms in total. The third-order valence-electron chi connectivity index (χ3n) is 3.99. The molecule has 0 radical (unpaired) electrons. The van der Waals surface area contributed by atoms with Gasteiger partial charge < -0.3 is 9.73 Å². The highest BCUT2D eigenvalue weighted by Gasteiger charge is 2.22. The van der Waals surface area contributed by atoms with E-state index in [1.165, 1.54) is 17.8 Å². The Bertz CT molecular complexity index is 957. The monoisotopic (exact) mass is 406 g/mol. The van der Waals surface area contributed by atoms with Crippen LogP contribution in [-0.2, 0) is 11.3 Å². The number of hydrogen-bond acceptors (Lipinski definition) is 5. The molecule has 0 aliphatic rings. The summed E-state index contributed by atoms with van der Waals surface area (Å²) in [6.45, 7) is 6.18. The summed E-state index contributed by atoms with van der Waals surface area (Å²) in [6.07, 6.45) is 1.60. The van der Waals surface area contributed by atoms with E-state index in [9.17, 15) is 13.6 Å². The van der Waals surface area contributed by atoms with Crippen molar-refractivity contribution in [2.24, 2.45) is 0 Å². The van der Waals surface area contributed by atoms with Crippen molar-refractivity contribution in [1.29, 1.82) is 0 Å². The van der Waals surface area contributed by atoms with Crippen LogP contribution in [0.1, 0.15) is 38.3 Å². The molecule has 2 heterocycles. The maximum Gasteiger partial charge on any atom is 0.237 e. The highest BCUT2D eigenvalue weighted by Crippen LogP contribution is 2.27. The molecule has 1 aromatic carbocycles. The second-order valence-corrected chi connectivity index (χ2v) is 7.85. The van der Waals surface area contributed by atoms with Crippen LogP contribution in [0.4, 0.5) is 14.5 Å². The second kappa shape index (κ2) is 8.55. The highest BCUT2D eigenvalue weighted by molar-refractivity contribution is 8.00. The van der Waals surface area contributed by atoms with Gasteiger partial charge in [-0.05, 0) is 31.2 Å². The Balaban J connectivity index is 1.74. The van der Waals surface area contributed by atoms with Crippen molar-refractivity contribution in [2.45, 2.75) is 43.6 Å². The van der Waals surface area contributed by atoms with E-state index in [2.05, 4.69) is 15.5 Å². The molecule has 0 saturated heterocycles. The number of carbonyl (C=O) groups excluding carboxylic acids is 1. The van der Waals surface area contributed by atoms with Gasteiger partial charge in [0.2, 0.25) is 5.91 Å². The molecule has 1 amide bonds. The summed E-state index contributed by atoms with van der Waals surface area (Å²) >= 11 is 1.23. The summed E-state index contributed by atoms with van der Waals surface area (Å²) in [5, 5.41) is 11.1. The molecule has 3 aromatic rings. The quantitative estimate of drug-likeness (QED) is 0.587. The van der Waals surface area contributed by atoms with Crippen molar-refractivity contribution < 1.29 is 18.0 Å². The van der Waals surface area contributed by atoms with Gasteiger partial charge >= 0.3 is 0 Å². The zero-order valence-electron chi connectivity index (χ0n) is 15.6. The first-order chi connectivity index (χ1) is 13.3. The SMILES string of the molecule is CC(Sc1nnc(C(C)C)n1Cc1ccco1)C(=O)Nc1ccc(F)c(F)c1. The van der Waals surface area contributed by atoms with Crippen molar-refractivity contribution in [3.8, 4) is 0 Å². The third kappa shape index (κ3) is 4.59. The minimum Gasteiger partial charge on any atom is -0.467 e. The van der Waals surface area contributed by atoms with Gasteiger partial charge in [0, 0.05) is 17.7 Å². The van der Waals surface area contributed by atoms with Gasteiger partial charge in [0.05, 0.1) is 18.1 Å². The molecule has 0 spiro atoms. The summed E-state index contributed by atoms with van der Waals surface area (Å²) < 4.78 is 33.7. The number of aromatic nitrogens is 3. The number of anilines is 1. The average Bonchev–Trinajstić information content (AvgIpc) is 3.29. The lowest BCUT2D eigenvalue weighted by molar-refractivity contribution is -0.115. The molecule has 0 saturated carbocycles. The van der Waals surface area contributed by atoms with E-state index in [-0.39, 0.29) is 17.5 Å². The predicted molar refractivity (Wildman–Crippen MR) is 102 cm³/mol. The van der Waals surface area contributed by atoms with E-state index in [0.29, 0.717) is 11.7 Å². The maximum atomic E-state index is 13.3. The lowest BCUT2D eigenvalue weighted by atomic mass is 10.2. The molecule has 0 aliphatic heterocycles. The van der Waals surface area contributed by atoms with Crippen molar-refractivity contribution in [2.75, 3.05) is 5.32 Å². The van der Waals surface area contributed by atoms with Gasteiger partial charge in [0.25, 0.3) is 0 Å². The second-order valence-electron chi connectivity index (χ2n) is 6.54. The predicted octanol–water partition coefficient (Wildman–Crippen LogP) is 4.44. The topological polar surface area (TPSA) is 73.0 Å². The summed E-state index contributed by atoms with van der Waals surface area (Å²) in [5.41, 5.74) is 0.191. The zero-order chi connectivity index (χ0) is 20.3. The molecule has 28 heavy (non-hydrogen) atoms. The van der Waals surface area contributed by atoms with Gasteiger partial charge in [0.15, 0.2) is 16.8 Å². The Kier molecular flexibility index (Phi) is 6.13. The van der Waals surface area contributed by atoms with Crippen molar-refractivity contribution in [3.63, 3.8) is 0 Å². The number of nitrogens with zero attached hydrogens (tertiary/aromatic N) is 3. The Morgan fingerprint density at radius 3 is 2.64 bits per heavy atom. The van der Waals surface area contributed by atoms with Crippen molar-refractivity contribution >= 4 is 23.4 Å². The smallest absolute Gasteiger partial charge is 0.237 e. The van der Waals surface area contributed by atoms with Crippen LogP contribution in [0.5, 0.6) is 0 Å². The molecule has 1 N–H and O–H groups in total. The Labute approximate surface area is 165 Å². The standard InChI is InChI=1S/C19H20F2N4O2S/c1-11(2)17-23-24-19(25(17)10-14-5-4-8-27-14)28-12(3)18(26)22-13-6-7-15(20)16(21)9-13/h4-9,11-12H,10H2,1-3H3,(H,22,26). The molecule has 3 rings (SSSR count). The molecule has 1 unspecified atom stereocenters. The average molecular weight is 406 g/mol. The first kappa shape index (κ1) is 20.1. The van der Waals surface area contributed by atoms with Gasteiger partial charge in [-0.25, -0.2) is 8.78 Å². The minimum atomic E-state index is -1.02. The molecular weight excluding hydrogens is 386 g/mol. The van der Waals surface area contributed by atoms with E-state index in [4.69, 9.17) is 4.42 Å². The van der Waals surface area contributed by atoms with Crippen molar-refractivity contribution in [3.05, 3.63) is 59.8 Å². The number of hydrogen-bond donors (Lipinski definition) is 1. The van der Waals surface area contributed by atoms with Crippen LogP contribution in [0.15, 0.2) is 46.2 Å². The number of halogens is 2. The first-order valence-electron chi connectivity index (χ1n) is 8.73. The molecule has 1 atom stereocenters. The third-order valence-corrected chi connectivity index (χ3v) is 5.07. The van der Waals surface area contributed by atoms with Crippen LogP contribution < -0.4 is 5.32 Å². The summed E-state index contributed by atoms with van der Waals surface area (Å²) in [4.78, 5) is 12.5. The van der Waals surface area contributed by atoms with E-state index in [1.807, 2.05) is 24.5 Å². The molecular formula is C19H20F2N4O2S. The van der Waals surface area contributed by atoms with Gasteiger partial charge in [-0.1, -0.05) is 25.6 Å². The first-order valence-corrected chi connectivity index (χ1v) is 9.61. The fraction of sp³-hybridized carbons (Fsp3) is 0.316. The summed E-state index contributed by atoms with van der Waals surface area (Å²) in [7, 11) is 0. The number of carbonyl (C=O) groups is 1. The highest BCUT2D eigenvalue weighted by atomic mass is 32.2. The number of amides is 1. The Morgan fingerprint density at radius 1 is 1.21 bits per heavy atom. The van der Waals surface area contributed by atoms with Crippen LogP contribution in [0.3, 0.4) is 0 Å². The van der Waals surface area contributed by atoms with E-state index in [0.717, 1.165) is 23.7 Å². The van der Waals surface area contributed by atoms with Gasteiger partial charge in [0.1, 0.15) is 11.6 Å². The molecule has 2 aromatic heterocycles. The van der Waals surface area contributed by atoms with Crippen LogP contribution in [0, 0.1) is 11.6 Å². The number of thioether (sulfide) groups is 1. The van der Waals surface area contributed by atoms with E-state index >= 15 is 0 Å². The van der Waals surface area contributed by atoms with Gasteiger partial charge in [-0.2, -0.15) is 0 Å². The van der Waals surface area contributed by atoms with Crippen LogP contribution in [0.25, 0.3) is 0 Å². The van der Waals surface area contributed by atoms with E-state index < -0.39 is 16.9 Å². The fourth-order valence-corrected chi connectivity index (χ4v) is 3.41.